The molecule has 0 bridgehead atoms. The highest BCUT2D eigenvalue weighted by atomic mass is 35.5. The first-order valence-corrected chi connectivity index (χ1v) is 8.14. The lowest BCUT2D eigenvalue weighted by atomic mass is 9.86. The second-order valence-corrected chi connectivity index (χ2v) is 6.65. The minimum atomic E-state index is -0.662. The van der Waals surface area contributed by atoms with E-state index in [4.69, 9.17) is 28.3 Å². The molecule has 1 unspecified atom stereocenters. The molecule has 0 amide bonds. The molecule has 21 heavy (non-hydrogen) atoms. The third-order valence-corrected chi connectivity index (χ3v) is 4.94. The number of rotatable bonds is 5. The third-order valence-electron chi connectivity index (χ3n) is 4.28. The van der Waals surface area contributed by atoms with Crippen molar-refractivity contribution in [2.75, 3.05) is 6.54 Å². The molecule has 0 spiro atoms. The summed E-state index contributed by atoms with van der Waals surface area (Å²) in [5, 5.41) is 13.9. The van der Waals surface area contributed by atoms with Crippen molar-refractivity contribution in [1.29, 1.82) is 0 Å². The Balaban J connectivity index is 1.85. The molecule has 1 aliphatic carbocycles. The fraction of sp³-hybridized carbons (Fsp3) is 0.562. The van der Waals surface area contributed by atoms with Crippen molar-refractivity contribution in [3.8, 4) is 0 Å². The second kappa shape index (κ2) is 7.48. The number of nitrogens with one attached hydrogen (secondary N) is 1. The van der Waals surface area contributed by atoms with Crippen LogP contribution in [0.5, 0.6) is 0 Å². The summed E-state index contributed by atoms with van der Waals surface area (Å²) in [4.78, 5) is 10.9. The van der Waals surface area contributed by atoms with E-state index in [1.54, 1.807) is 0 Å². The van der Waals surface area contributed by atoms with Crippen molar-refractivity contribution in [2.24, 2.45) is 5.92 Å². The summed E-state index contributed by atoms with van der Waals surface area (Å²) in [6.45, 7) is 2.90. The van der Waals surface area contributed by atoms with Crippen LogP contribution in [0.2, 0.25) is 10.0 Å². The van der Waals surface area contributed by atoms with Crippen LogP contribution in [0.1, 0.15) is 44.1 Å². The summed E-state index contributed by atoms with van der Waals surface area (Å²) in [7, 11) is 0. The van der Waals surface area contributed by atoms with E-state index in [0.717, 1.165) is 37.8 Å². The van der Waals surface area contributed by atoms with Crippen LogP contribution in [0.3, 0.4) is 0 Å². The van der Waals surface area contributed by atoms with E-state index in [1.165, 1.54) is 0 Å². The number of carboxylic acid groups (broad SMARTS) is 1. The normalized spacial score (nSPS) is 23.8. The maximum atomic E-state index is 10.9. The maximum absolute atomic E-state index is 10.9. The van der Waals surface area contributed by atoms with Gasteiger partial charge in [-0.05, 0) is 49.3 Å². The molecule has 1 fully saturated rings. The molecule has 116 valence electrons. The standard InChI is InChI=1S/C16H21Cl2NO2/c1-10(15-13(17)3-2-4-14(15)18)9-19-12-7-5-11(6-8-12)16(20)21/h2-4,10-12,19H,5-9H2,1H3,(H,20,21). The summed E-state index contributed by atoms with van der Waals surface area (Å²) in [5.74, 6) is -0.605. The Kier molecular flexibility index (Phi) is 5.91. The molecule has 2 N–H and O–H groups in total. The predicted octanol–water partition coefficient (Wildman–Crippen LogP) is 4.33. The minimum absolute atomic E-state index is 0.168. The SMILES string of the molecule is CC(CNC1CCC(C(=O)O)CC1)c1c(Cl)cccc1Cl. The average molecular weight is 330 g/mol. The second-order valence-electron chi connectivity index (χ2n) is 5.83. The summed E-state index contributed by atoms with van der Waals surface area (Å²) in [6.07, 6.45) is 3.35. The van der Waals surface area contributed by atoms with Gasteiger partial charge in [-0.2, -0.15) is 0 Å². The van der Waals surface area contributed by atoms with Gasteiger partial charge in [-0.3, -0.25) is 4.79 Å². The van der Waals surface area contributed by atoms with Gasteiger partial charge in [0.25, 0.3) is 0 Å². The highest BCUT2D eigenvalue weighted by Gasteiger charge is 2.26. The first-order valence-electron chi connectivity index (χ1n) is 7.39. The average Bonchev–Trinajstić information content (AvgIpc) is 2.45. The maximum Gasteiger partial charge on any atom is 0.306 e. The summed E-state index contributed by atoms with van der Waals surface area (Å²) in [6, 6.07) is 5.96. The molecule has 0 aromatic heterocycles. The van der Waals surface area contributed by atoms with E-state index < -0.39 is 5.97 Å². The van der Waals surface area contributed by atoms with E-state index >= 15 is 0 Å². The smallest absolute Gasteiger partial charge is 0.306 e. The van der Waals surface area contributed by atoms with E-state index in [0.29, 0.717) is 16.1 Å². The molecule has 3 nitrogen and oxygen atoms in total. The fourth-order valence-electron chi connectivity index (χ4n) is 2.97. The molecule has 1 aromatic carbocycles. The molecule has 0 radical (unpaired) electrons. The molecule has 0 saturated heterocycles. The summed E-state index contributed by atoms with van der Waals surface area (Å²) in [5.41, 5.74) is 0.979. The number of aliphatic carboxylic acids is 1. The predicted molar refractivity (Wildman–Crippen MR) is 86.3 cm³/mol. The van der Waals surface area contributed by atoms with Crippen molar-refractivity contribution in [3.63, 3.8) is 0 Å². The summed E-state index contributed by atoms with van der Waals surface area (Å²) < 4.78 is 0. The van der Waals surface area contributed by atoms with Gasteiger partial charge in [0, 0.05) is 22.6 Å². The Morgan fingerprint density at radius 1 is 1.29 bits per heavy atom. The summed E-state index contributed by atoms with van der Waals surface area (Å²) >= 11 is 12.4. The van der Waals surface area contributed by atoms with Crippen LogP contribution in [-0.4, -0.2) is 23.7 Å². The molecular formula is C16H21Cl2NO2. The van der Waals surface area contributed by atoms with Gasteiger partial charge in [0.15, 0.2) is 0 Å². The third kappa shape index (κ3) is 4.35. The Bertz CT molecular complexity index is 479. The molecule has 0 heterocycles. The number of hydrogen-bond acceptors (Lipinski definition) is 2. The van der Waals surface area contributed by atoms with Crippen LogP contribution >= 0.6 is 23.2 Å². The van der Waals surface area contributed by atoms with Gasteiger partial charge >= 0.3 is 5.97 Å². The number of halogens is 2. The topological polar surface area (TPSA) is 49.3 Å². The zero-order valence-electron chi connectivity index (χ0n) is 12.1. The van der Waals surface area contributed by atoms with Gasteiger partial charge in [-0.1, -0.05) is 36.2 Å². The van der Waals surface area contributed by atoms with E-state index in [2.05, 4.69) is 12.2 Å². The quantitative estimate of drug-likeness (QED) is 0.845. The van der Waals surface area contributed by atoms with Crippen LogP contribution in [0.15, 0.2) is 18.2 Å². The highest BCUT2D eigenvalue weighted by molar-refractivity contribution is 6.36. The molecule has 2 rings (SSSR count). The zero-order valence-corrected chi connectivity index (χ0v) is 13.6. The number of carbonyl (C=O) groups is 1. The van der Waals surface area contributed by atoms with E-state index in [9.17, 15) is 4.79 Å². The van der Waals surface area contributed by atoms with Crippen LogP contribution in [0.25, 0.3) is 0 Å². The van der Waals surface area contributed by atoms with Gasteiger partial charge in [-0.25, -0.2) is 0 Å². The van der Waals surface area contributed by atoms with Crippen molar-refractivity contribution in [2.45, 2.75) is 44.6 Å². The number of hydrogen-bond donors (Lipinski definition) is 2. The highest BCUT2D eigenvalue weighted by Crippen LogP contribution is 2.31. The Labute approximate surface area is 135 Å². The molecule has 1 aliphatic rings. The van der Waals surface area contributed by atoms with Crippen LogP contribution in [0, 0.1) is 5.92 Å². The molecular weight excluding hydrogens is 309 g/mol. The van der Waals surface area contributed by atoms with Crippen LogP contribution < -0.4 is 5.32 Å². The monoisotopic (exact) mass is 329 g/mol. The lowest BCUT2D eigenvalue weighted by Crippen LogP contribution is -2.36. The minimum Gasteiger partial charge on any atom is -0.481 e. The van der Waals surface area contributed by atoms with Gasteiger partial charge in [0.2, 0.25) is 0 Å². The van der Waals surface area contributed by atoms with Gasteiger partial charge in [0.05, 0.1) is 5.92 Å². The number of benzene rings is 1. The molecule has 1 saturated carbocycles. The van der Waals surface area contributed by atoms with Gasteiger partial charge in [-0.15, -0.1) is 0 Å². The van der Waals surface area contributed by atoms with Crippen LogP contribution in [-0.2, 0) is 4.79 Å². The first kappa shape index (κ1) is 16.6. The van der Waals surface area contributed by atoms with Crippen molar-refractivity contribution in [1.82, 2.24) is 5.32 Å². The Hall–Kier alpha value is -0.770. The Morgan fingerprint density at radius 3 is 2.38 bits per heavy atom. The van der Waals surface area contributed by atoms with Gasteiger partial charge in [0.1, 0.15) is 0 Å². The van der Waals surface area contributed by atoms with Crippen molar-refractivity contribution >= 4 is 29.2 Å². The fourth-order valence-corrected chi connectivity index (χ4v) is 3.74. The molecule has 1 aromatic rings. The van der Waals surface area contributed by atoms with E-state index in [1.807, 2.05) is 18.2 Å². The Morgan fingerprint density at radius 2 is 1.86 bits per heavy atom. The van der Waals surface area contributed by atoms with Crippen LogP contribution in [0.4, 0.5) is 0 Å². The van der Waals surface area contributed by atoms with Gasteiger partial charge < -0.3 is 10.4 Å². The lowest BCUT2D eigenvalue weighted by molar-refractivity contribution is -0.142. The van der Waals surface area contributed by atoms with Crippen molar-refractivity contribution < 1.29 is 9.90 Å². The van der Waals surface area contributed by atoms with E-state index in [-0.39, 0.29) is 11.8 Å². The first-order chi connectivity index (χ1) is 9.99. The lowest BCUT2D eigenvalue weighted by Gasteiger charge is -2.28. The largest absolute Gasteiger partial charge is 0.481 e. The van der Waals surface area contributed by atoms with Crippen molar-refractivity contribution in [3.05, 3.63) is 33.8 Å². The molecule has 5 heteroatoms. The molecule has 1 atom stereocenters. The zero-order chi connectivity index (χ0) is 15.4. The molecule has 0 aliphatic heterocycles. The number of carboxylic acids is 1.